The molecule has 0 radical (unpaired) electrons. The van der Waals surface area contributed by atoms with Crippen LogP contribution < -0.4 is 0 Å². The topological polar surface area (TPSA) is 74.8 Å². The zero-order chi connectivity index (χ0) is 13.5. The second-order valence-corrected chi connectivity index (χ2v) is 8.13. The molecule has 18 heavy (non-hydrogen) atoms. The van der Waals surface area contributed by atoms with E-state index < -0.39 is 15.3 Å². The summed E-state index contributed by atoms with van der Waals surface area (Å²) >= 11 is 0.985. The van der Waals surface area contributed by atoms with Gasteiger partial charge in [0.15, 0.2) is 0 Å². The third-order valence-corrected chi connectivity index (χ3v) is 6.31. The molecule has 0 aromatic heterocycles. The molecule has 0 spiro atoms. The van der Waals surface area contributed by atoms with E-state index in [1.807, 2.05) is 0 Å². The number of thioether (sulfide) groups is 1. The van der Waals surface area contributed by atoms with Gasteiger partial charge in [-0.15, -0.1) is 0 Å². The summed E-state index contributed by atoms with van der Waals surface area (Å²) in [6, 6.07) is -0.298. The predicted molar refractivity (Wildman–Crippen MR) is 68.7 cm³/mol. The van der Waals surface area contributed by atoms with Crippen LogP contribution in [0.5, 0.6) is 0 Å². The second kappa shape index (κ2) is 4.82. The first-order valence-corrected chi connectivity index (χ1v) is 8.30. The maximum Gasteiger partial charge on any atom is 0.289 e. The van der Waals surface area contributed by atoms with Gasteiger partial charge in [0.1, 0.15) is 0 Å². The molecule has 8 heteroatoms. The molecular weight excluding hydrogens is 276 g/mol. The number of hydrogen-bond donors (Lipinski definition) is 0. The lowest BCUT2D eigenvalue weighted by atomic mass is 10.2. The number of hydrogen-bond acceptors (Lipinski definition) is 5. The number of rotatable bonds is 3. The Balaban J connectivity index is 2.10. The largest absolute Gasteiger partial charge is 0.289 e. The van der Waals surface area contributed by atoms with Crippen molar-refractivity contribution in [3.8, 4) is 0 Å². The van der Waals surface area contributed by atoms with Crippen LogP contribution in [0.1, 0.15) is 20.3 Å². The molecule has 2 saturated heterocycles. The maximum absolute atomic E-state index is 12.0. The highest BCUT2D eigenvalue weighted by Gasteiger charge is 2.42. The van der Waals surface area contributed by atoms with Crippen LogP contribution in [0.4, 0.5) is 4.79 Å². The van der Waals surface area contributed by atoms with Gasteiger partial charge in [0.25, 0.3) is 5.24 Å². The van der Waals surface area contributed by atoms with Crippen LogP contribution >= 0.6 is 11.8 Å². The summed E-state index contributed by atoms with van der Waals surface area (Å²) < 4.78 is 25.4. The number of sulfonamides is 1. The smallest absolute Gasteiger partial charge is 0.273 e. The molecule has 0 saturated carbocycles. The first-order chi connectivity index (χ1) is 8.34. The van der Waals surface area contributed by atoms with Gasteiger partial charge >= 0.3 is 0 Å². The molecule has 2 aliphatic heterocycles. The lowest BCUT2D eigenvalue weighted by Gasteiger charge is -2.22. The van der Waals surface area contributed by atoms with Crippen LogP contribution in [-0.2, 0) is 14.8 Å². The fraction of sp³-hybridized carbons (Fsp3) is 0.800. The Kier molecular flexibility index (Phi) is 3.70. The highest BCUT2D eigenvalue weighted by molar-refractivity contribution is 8.14. The van der Waals surface area contributed by atoms with Crippen LogP contribution in [0.15, 0.2) is 0 Å². The van der Waals surface area contributed by atoms with Gasteiger partial charge in [-0.2, -0.15) is 4.31 Å². The summed E-state index contributed by atoms with van der Waals surface area (Å²) in [5.41, 5.74) is 0. The molecule has 2 aliphatic rings. The SMILES string of the molecule is CC(C)S(=O)(=O)N1CCC(N2C(=O)CSC2=O)C1. The molecular formula is C10H16N2O4S2. The molecule has 0 N–H and O–H groups in total. The molecule has 0 aliphatic carbocycles. The number of nitrogens with zero attached hydrogens (tertiary/aromatic N) is 2. The highest BCUT2D eigenvalue weighted by Crippen LogP contribution is 2.27. The molecule has 0 aromatic rings. The monoisotopic (exact) mass is 292 g/mol. The lowest BCUT2D eigenvalue weighted by Crippen LogP contribution is -2.42. The Morgan fingerprint density at radius 3 is 2.50 bits per heavy atom. The van der Waals surface area contributed by atoms with E-state index in [9.17, 15) is 18.0 Å². The Bertz CT molecular complexity index is 458. The van der Waals surface area contributed by atoms with E-state index in [4.69, 9.17) is 0 Å². The van der Waals surface area contributed by atoms with E-state index in [0.717, 1.165) is 11.8 Å². The zero-order valence-electron chi connectivity index (χ0n) is 10.3. The molecule has 1 unspecified atom stereocenters. The lowest BCUT2D eigenvalue weighted by molar-refractivity contribution is -0.126. The third kappa shape index (κ3) is 2.28. The van der Waals surface area contributed by atoms with Gasteiger partial charge in [0, 0.05) is 13.1 Å². The van der Waals surface area contributed by atoms with Crippen molar-refractivity contribution in [2.24, 2.45) is 0 Å². The van der Waals surface area contributed by atoms with E-state index in [1.165, 1.54) is 9.21 Å². The number of carbonyl (C=O) groups excluding carboxylic acids is 2. The fourth-order valence-electron chi connectivity index (χ4n) is 2.17. The number of imide groups is 1. The Morgan fingerprint density at radius 2 is 2.00 bits per heavy atom. The summed E-state index contributed by atoms with van der Waals surface area (Å²) in [6.07, 6.45) is 0.532. The van der Waals surface area contributed by atoms with Crippen molar-refractivity contribution < 1.29 is 18.0 Å². The predicted octanol–water partition coefficient (Wildman–Crippen LogP) is 0.494. The summed E-state index contributed by atoms with van der Waals surface area (Å²) in [4.78, 5) is 24.4. The Morgan fingerprint density at radius 1 is 1.33 bits per heavy atom. The number of amides is 2. The van der Waals surface area contributed by atoms with Gasteiger partial charge in [0.2, 0.25) is 15.9 Å². The normalized spacial score (nSPS) is 26.6. The fourth-order valence-corrected chi connectivity index (χ4v) is 4.28. The van der Waals surface area contributed by atoms with Crippen LogP contribution in [0.2, 0.25) is 0 Å². The minimum absolute atomic E-state index is 0.173. The van der Waals surface area contributed by atoms with E-state index in [1.54, 1.807) is 13.8 Å². The van der Waals surface area contributed by atoms with Gasteiger partial charge in [-0.3, -0.25) is 14.5 Å². The van der Waals surface area contributed by atoms with Gasteiger partial charge < -0.3 is 0 Å². The van der Waals surface area contributed by atoms with Crippen molar-refractivity contribution in [2.75, 3.05) is 18.8 Å². The first-order valence-electron chi connectivity index (χ1n) is 5.82. The molecule has 0 bridgehead atoms. The molecule has 1 atom stereocenters. The average Bonchev–Trinajstić information content (AvgIpc) is 2.86. The van der Waals surface area contributed by atoms with E-state index in [0.29, 0.717) is 13.0 Å². The van der Waals surface area contributed by atoms with Gasteiger partial charge in [0.05, 0.1) is 17.0 Å². The molecule has 2 heterocycles. The van der Waals surface area contributed by atoms with Crippen LogP contribution in [0.25, 0.3) is 0 Å². The summed E-state index contributed by atoms with van der Waals surface area (Å²) in [5, 5.41) is -0.732. The Labute approximate surface area is 111 Å². The van der Waals surface area contributed by atoms with E-state index in [-0.39, 0.29) is 29.5 Å². The maximum atomic E-state index is 12.0. The minimum Gasteiger partial charge on any atom is -0.273 e. The van der Waals surface area contributed by atoms with Crippen molar-refractivity contribution in [1.82, 2.24) is 9.21 Å². The minimum atomic E-state index is -3.30. The quantitative estimate of drug-likeness (QED) is 0.757. The van der Waals surface area contributed by atoms with E-state index in [2.05, 4.69) is 0 Å². The molecule has 2 fully saturated rings. The first kappa shape index (κ1) is 13.8. The average molecular weight is 292 g/mol. The summed E-state index contributed by atoms with van der Waals surface area (Å²) in [6.45, 7) is 3.88. The van der Waals surface area contributed by atoms with Crippen molar-refractivity contribution in [3.63, 3.8) is 0 Å². The Hall–Kier alpha value is -0.600. The van der Waals surface area contributed by atoms with Gasteiger partial charge in [-0.05, 0) is 20.3 Å². The number of carbonyl (C=O) groups is 2. The van der Waals surface area contributed by atoms with Crippen molar-refractivity contribution in [3.05, 3.63) is 0 Å². The molecule has 0 aromatic carbocycles. The molecule has 2 amide bonds. The van der Waals surface area contributed by atoms with Gasteiger partial charge in [-0.1, -0.05) is 11.8 Å². The summed E-state index contributed by atoms with van der Waals surface area (Å²) in [7, 11) is -3.30. The van der Waals surface area contributed by atoms with E-state index >= 15 is 0 Å². The van der Waals surface area contributed by atoms with Crippen molar-refractivity contribution in [2.45, 2.75) is 31.6 Å². The second-order valence-electron chi connectivity index (χ2n) is 4.71. The zero-order valence-corrected chi connectivity index (χ0v) is 12.0. The highest BCUT2D eigenvalue weighted by atomic mass is 32.2. The van der Waals surface area contributed by atoms with Crippen molar-refractivity contribution >= 4 is 32.9 Å². The van der Waals surface area contributed by atoms with Gasteiger partial charge in [-0.25, -0.2) is 8.42 Å². The van der Waals surface area contributed by atoms with Crippen LogP contribution in [-0.4, -0.2) is 58.9 Å². The molecule has 6 nitrogen and oxygen atoms in total. The molecule has 102 valence electrons. The van der Waals surface area contributed by atoms with Crippen LogP contribution in [0.3, 0.4) is 0 Å². The van der Waals surface area contributed by atoms with Crippen LogP contribution in [0, 0.1) is 0 Å². The summed E-state index contributed by atoms with van der Waals surface area (Å²) in [5.74, 6) is -0.0366. The standard InChI is InChI=1S/C10H16N2O4S2/c1-7(2)18(15,16)11-4-3-8(5-11)12-9(13)6-17-10(12)14/h7-8H,3-6H2,1-2H3. The third-order valence-electron chi connectivity index (χ3n) is 3.23. The van der Waals surface area contributed by atoms with Crippen molar-refractivity contribution in [1.29, 1.82) is 0 Å². The molecule has 2 rings (SSSR count).